The molecule has 5 nitrogen and oxygen atoms in total. The van der Waals surface area contributed by atoms with E-state index in [1.165, 1.54) is 25.5 Å². The van der Waals surface area contributed by atoms with E-state index in [-0.39, 0.29) is 17.4 Å². The van der Waals surface area contributed by atoms with E-state index in [2.05, 4.69) is 11.6 Å². The summed E-state index contributed by atoms with van der Waals surface area (Å²) in [7, 11) is 0. The minimum absolute atomic E-state index is 0.000527. The highest BCUT2D eigenvalue weighted by Crippen LogP contribution is 2.21. The number of aryl methyl sites for hydroxylation is 1. The SMILES string of the molecule is C=CCCCCCCCCC(=O)Oc1c(C)ccnc1C(N)=O. The van der Waals surface area contributed by atoms with E-state index in [9.17, 15) is 9.59 Å². The van der Waals surface area contributed by atoms with Crippen LogP contribution in [0.25, 0.3) is 0 Å². The lowest BCUT2D eigenvalue weighted by atomic mass is 10.1. The van der Waals surface area contributed by atoms with E-state index < -0.39 is 5.91 Å². The number of carbonyl (C=O) groups excluding carboxylic acids is 2. The lowest BCUT2D eigenvalue weighted by molar-refractivity contribution is -0.134. The predicted molar refractivity (Wildman–Crippen MR) is 90.3 cm³/mol. The largest absolute Gasteiger partial charge is 0.424 e. The molecule has 126 valence electrons. The van der Waals surface area contributed by atoms with Gasteiger partial charge >= 0.3 is 5.97 Å². The number of unbranched alkanes of at least 4 members (excludes halogenated alkanes) is 6. The molecule has 2 N–H and O–H groups in total. The second-order valence-corrected chi connectivity index (χ2v) is 5.59. The molecule has 0 saturated carbocycles. The zero-order valence-corrected chi connectivity index (χ0v) is 13.8. The molecule has 0 saturated heterocycles. The molecular formula is C18H26N2O3. The van der Waals surface area contributed by atoms with Gasteiger partial charge < -0.3 is 10.5 Å². The van der Waals surface area contributed by atoms with Crippen LogP contribution in [0, 0.1) is 6.92 Å². The van der Waals surface area contributed by atoms with E-state index in [4.69, 9.17) is 10.5 Å². The van der Waals surface area contributed by atoms with Gasteiger partial charge in [0, 0.05) is 12.6 Å². The number of pyridine rings is 1. The van der Waals surface area contributed by atoms with Gasteiger partial charge in [0.1, 0.15) is 0 Å². The van der Waals surface area contributed by atoms with Gasteiger partial charge in [-0.05, 0) is 37.8 Å². The summed E-state index contributed by atoms with van der Waals surface area (Å²) in [4.78, 5) is 27.1. The highest BCUT2D eigenvalue weighted by atomic mass is 16.5. The number of amides is 1. The molecule has 0 aliphatic carbocycles. The maximum absolute atomic E-state index is 11.9. The zero-order chi connectivity index (χ0) is 17.1. The Morgan fingerprint density at radius 1 is 1.22 bits per heavy atom. The maximum Gasteiger partial charge on any atom is 0.311 e. The fraction of sp³-hybridized carbons (Fsp3) is 0.500. The Morgan fingerprint density at radius 2 is 1.87 bits per heavy atom. The first-order valence-electron chi connectivity index (χ1n) is 8.13. The molecule has 0 spiro atoms. The molecule has 0 aliphatic rings. The van der Waals surface area contributed by atoms with Crippen molar-refractivity contribution in [2.24, 2.45) is 5.73 Å². The number of rotatable bonds is 11. The highest BCUT2D eigenvalue weighted by Gasteiger charge is 2.16. The Balaban J connectivity index is 2.32. The van der Waals surface area contributed by atoms with E-state index in [1.54, 1.807) is 13.0 Å². The number of primary amides is 1. The first-order chi connectivity index (χ1) is 11.1. The number of nitrogens with zero attached hydrogens (tertiary/aromatic N) is 1. The Bertz CT molecular complexity index is 541. The van der Waals surface area contributed by atoms with E-state index >= 15 is 0 Å². The molecule has 0 aromatic carbocycles. The lowest BCUT2D eigenvalue weighted by Gasteiger charge is -2.09. The van der Waals surface area contributed by atoms with Crippen LogP contribution in [-0.4, -0.2) is 16.9 Å². The lowest BCUT2D eigenvalue weighted by Crippen LogP contribution is -2.18. The summed E-state index contributed by atoms with van der Waals surface area (Å²) in [6, 6.07) is 1.68. The Kier molecular flexibility index (Phi) is 8.65. The van der Waals surface area contributed by atoms with Crippen molar-refractivity contribution in [1.29, 1.82) is 0 Å². The van der Waals surface area contributed by atoms with Gasteiger partial charge in [-0.15, -0.1) is 6.58 Å². The number of hydrogen-bond acceptors (Lipinski definition) is 4. The summed E-state index contributed by atoms with van der Waals surface area (Å²) >= 11 is 0. The zero-order valence-electron chi connectivity index (χ0n) is 13.8. The normalized spacial score (nSPS) is 10.3. The molecule has 0 aliphatic heterocycles. The number of aromatic nitrogens is 1. The fourth-order valence-corrected chi connectivity index (χ4v) is 2.28. The molecule has 0 atom stereocenters. The number of carbonyl (C=O) groups is 2. The standard InChI is InChI=1S/C18H26N2O3/c1-3-4-5-6-7-8-9-10-11-15(21)23-17-14(2)12-13-20-16(17)18(19)22/h3,12-13H,1,4-11H2,2H3,(H2,19,22). The number of allylic oxidation sites excluding steroid dienone is 1. The van der Waals surface area contributed by atoms with E-state index in [0.717, 1.165) is 25.7 Å². The van der Waals surface area contributed by atoms with Gasteiger partial charge in [0.25, 0.3) is 5.91 Å². The maximum atomic E-state index is 11.9. The summed E-state index contributed by atoms with van der Waals surface area (Å²) in [6.07, 6.45) is 11.3. The third-order valence-corrected chi connectivity index (χ3v) is 3.59. The third kappa shape index (κ3) is 7.08. The summed E-state index contributed by atoms with van der Waals surface area (Å²) in [6.45, 7) is 5.45. The smallest absolute Gasteiger partial charge is 0.311 e. The van der Waals surface area contributed by atoms with Crippen molar-refractivity contribution in [2.45, 2.75) is 58.3 Å². The monoisotopic (exact) mass is 318 g/mol. The Hall–Kier alpha value is -2.17. The molecule has 0 fully saturated rings. The fourth-order valence-electron chi connectivity index (χ4n) is 2.28. The second kappa shape index (κ2) is 10.5. The van der Waals surface area contributed by atoms with Crippen molar-refractivity contribution in [3.05, 3.63) is 36.2 Å². The van der Waals surface area contributed by atoms with Gasteiger partial charge in [-0.1, -0.05) is 31.8 Å². The van der Waals surface area contributed by atoms with Crippen molar-refractivity contribution in [3.63, 3.8) is 0 Å². The van der Waals surface area contributed by atoms with Crippen LogP contribution in [0.1, 0.15) is 67.4 Å². The van der Waals surface area contributed by atoms with Crippen LogP contribution in [0.5, 0.6) is 5.75 Å². The van der Waals surface area contributed by atoms with Crippen molar-refractivity contribution < 1.29 is 14.3 Å². The highest BCUT2D eigenvalue weighted by molar-refractivity contribution is 5.94. The summed E-state index contributed by atoms with van der Waals surface area (Å²) in [5.41, 5.74) is 5.92. The minimum Gasteiger partial charge on any atom is -0.424 e. The summed E-state index contributed by atoms with van der Waals surface area (Å²) in [5, 5.41) is 0. The summed E-state index contributed by atoms with van der Waals surface area (Å²) < 4.78 is 5.28. The quantitative estimate of drug-likeness (QED) is 0.383. The molecule has 1 amide bonds. The average Bonchev–Trinajstić information content (AvgIpc) is 2.51. The number of hydrogen-bond donors (Lipinski definition) is 1. The predicted octanol–water partition coefficient (Wildman–Crippen LogP) is 3.70. The van der Waals surface area contributed by atoms with Gasteiger partial charge in [-0.3, -0.25) is 9.59 Å². The summed E-state index contributed by atoms with van der Waals surface area (Å²) in [5.74, 6) is -0.874. The number of ether oxygens (including phenoxy) is 1. The minimum atomic E-state index is -0.698. The van der Waals surface area contributed by atoms with Crippen LogP contribution in [0.3, 0.4) is 0 Å². The topological polar surface area (TPSA) is 82.3 Å². The van der Waals surface area contributed by atoms with Crippen LogP contribution in [0.2, 0.25) is 0 Å². The first kappa shape index (κ1) is 18.9. The van der Waals surface area contributed by atoms with Crippen molar-refractivity contribution in [2.75, 3.05) is 0 Å². The van der Waals surface area contributed by atoms with Crippen LogP contribution in [0.4, 0.5) is 0 Å². The van der Waals surface area contributed by atoms with Gasteiger partial charge in [0.05, 0.1) is 0 Å². The van der Waals surface area contributed by atoms with Crippen molar-refractivity contribution in [3.8, 4) is 5.75 Å². The molecule has 1 aromatic rings. The van der Waals surface area contributed by atoms with Crippen molar-refractivity contribution in [1.82, 2.24) is 4.98 Å². The van der Waals surface area contributed by atoms with Crippen LogP contribution in [-0.2, 0) is 4.79 Å². The van der Waals surface area contributed by atoms with Gasteiger partial charge in [0.15, 0.2) is 11.4 Å². The van der Waals surface area contributed by atoms with E-state index in [0.29, 0.717) is 12.0 Å². The van der Waals surface area contributed by atoms with Gasteiger partial charge in [0.2, 0.25) is 0 Å². The first-order valence-corrected chi connectivity index (χ1v) is 8.13. The molecule has 0 radical (unpaired) electrons. The Labute approximate surface area is 137 Å². The van der Waals surface area contributed by atoms with Crippen LogP contribution < -0.4 is 10.5 Å². The third-order valence-electron chi connectivity index (χ3n) is 3.59. The second-order valence-electron chi connectivity index (χ2n) is 5.59. The Morgan fingerprint density at radius 3 is 2.52 bits per heavy atom. The average molecular weight is 318 g/mol. The van der Waals surface area contributed by atoms with Gasteiger partial charge in [-0.25, -0.2) is 4.98 Å². The molecule has 0 unspecified atom stereocenters. The molecule has 1 rings (SSSR count). The molecular weight excluding hydrogens is 292 g/mol. The number of nitrogens with two attached hydrogens (primary N) is 1. The van der Waals surface area contributed by atoms with Crippen molar-refractivity contribution >= 4 is 11.9 Å². The molecule has 1 heterocycles. The molecule has 1 aromatic heterocycles. The molecule has 0 bridgehead atoms. The molecule has 23 heavy (non-hydrogen) atoms. The van der Waals surface area contributed by atoms with Crippen LogP contribution >= 0.6 is 0 Å². The van der Waals surface area contributed by atoms with Crippen LogP contribution in [0.15, 0.2) is 24.9 Å². The number of esters is 1. The van der Waals surface area contributed by atoms with Gasteiger partial charge in [-0.2, -0.15) is 0 Å². The molecule has 5 heteroatoms. The van der Waals surface area contributed by atoms with E-state index in [1.807, 2.05) is 6.08 Å².